The third-order valence-electron chi connectivity index (χ3n) is 2.08. The van der Waals surface area contributed by atoms with Crippen molar-refractivity contribution in [3.05, 3.63) is 28.7 Å². The Labute approximate surface area is 94.3 Å². The van der Waals surface area contributed by atoms with Crippen LogP contribution in [-0.2, 0) is 11.3 Å². The van der Waals surface area contributed by atoms with E-state index in [-0.39, 0.29) is 29.6 Å². The van der Waals surface area contributed by atoms with E-state index in [1.54, 1.807) is 18.3 Å². The summed E-state index contributed by atoms with van der Waals surface area (Å²) in [7, 11) is 0. The van der Waals surface area contributed by atoms with Crippen LogP contribution in [0.2, 0.25) is 0 Å². The zero-order chi connectivity index (χ0) is 12.1. The molecule has 0 saturated carbocycles. The minimum Gasteiger partial charge on any atom is -0.394 e. The molecule has 88 valence electrons. The standard InChI is InChI=1S/C11H17N3O2/c1-8(2)13-10(15)5-7-14-6-3-4-9(12)11(14)16/h3-4,6,8H,5,7,12H2,1-2H3,(H,13,15). The molecule has 0 aromatic carbocycles. The topological polar surface area (TPSA) is 77.1 Å². The van der Waals surface area contributed by atoms with E-state index in [0.717, 1.165) is 0 Å². The Hall–Kier alpha value is -1.78. The Morgan fingerprint density at radius 2 is 2.25 bits per heavy atom. The fourth-order valence-corrected chi connectivity index (χ4v) is 1.35. The zero-order valence-electron chi connectivity index (χ0n) is 9.56. The van der Waals surface area contributed by atoms with Crippen molar-refractivity contribution in [3.63, 3.8) is 0 Å². The van der Waals surface area contributed by atoms with Crippen LogP contribution in [0.3, 0.4) is 0 Å². The van der Waals surface area contributed by atoms with Crippen LogP contribution in [0, 0.1) is 0 Å². The van der Waals surface area contributed by atoms with Crippen LogP contribution in [0.25, 0.3) is 0 Å². The smallest absolute Gasteiger partial charge is 0.273 e. The molecule has 1 heterocycles. The molecule has 5 heteroatoms. The van der Waals surface area contributed by atoms with Gasteiger partial charge in [-0.2, -0.15) is 0 Å². The summed E-state index contributed by atoms with van der Waals surface area (Å²) in [6.07, 6.45) is 1.91. The van der Waals surface area contributed by atoms with Gasteiger partial charge >= 0.3 is 0 Å². The van der Waals surface area contributed by atoms with Gasteiger partial charge in [0.15, 0.2) is 0 Å². The van der Waals surface area contributed by atoms with E-state index in [4.69, 9.17) is 5.73 Å². The van der Waals surface area contributed by atoms with E-state index < -0.39 is 0 Å². The lowest BCUT2D eigenvalue weighted by Crippen LogP contribution is -2.32. The van der Waals surface area contributed by atoms with E-state index in [1.165, 1.54) is 4.57 Å². The van der Waals surface area contributed by atoms with E-state index in [1.807, 2.05) is 13.8 Å². The SMILES string of the molecule is CC(C)NC(=O)CCn1cccc(N)c1=O. The van der Waals surface area contributed by atoms with Gasteiger partial charge in [0.2, 0.25) is 5.91 Å². The molecule has 5 nitrogen and oxygen atoms in total. The summed E-state index contributed by atoms with van der Waals surface area (Å²) < 4.78 is 1.44. The number of nitrogens with zero attached hydrogens (tertiary/aromatic N) is 1. The number of carbonyl (C=O) groups excluding carboxylic acids is 1. The predicted octanol–water partition coefficient (Wildman–Crippen LogP) is 0.345. The molecule has 0 atom stereocenters. The Balaban J connectivity index is 2.58. The molecular weight excluding hydrogens is 206 g/mol. The second kappa shape index (κ2) is 5.34. The highest BCUT2D eigenvalue weighted by atomic mass is 16.2. The first-order chi connectivity index (χ1) is 7.50. The molecular formula is C11H17N3O2. The van der Waals surface area contributed by atoms with Gasteiger partial charge < -0.3 is 15.6 Å². The van der Waals surface area contributed by atoms with Crippen molar-refractivity contribution in [2.45, 2.75) is 32.9 Å². The first-order valence-electron chi connectivity index (χ1n) is 5.25. The summed E-state index contributed by atoms with van der Waals surface area (Å²) in [4.78, 5) is 22.9. The van der Waals surface area contributed by atoms with Crippen molar-refractivity contribution in [1.29, 1.82) is 0 Å². The van der Waals surface area contributed by atoms with Crippen molar-refractivity contribution < 1.29 is 4.79 Å². The lowest BCUT2D eigenvalue weighted by atomic mass is 10.3. The van der Waals surface area contributed by atoms with Crippen molar-refractivity contribution in [2.75, 3.05) is 5.73 Å². The monoisotopic (exact) mass is 223 g/mol. The number of hydrogen-bond acceptors (Lipinski definition) is 3. The zero-order valence-corrected chi connectivity index (χ0v) is 9.56. The van der Waals surface area contributed by atoms with Gasteiger partial charge in [-0.1, -0.05) is 0 Å². The molecule has 0 spiro atoms. The van der Waals surface area contributed by atoms with Crippen LogP contribution in [-0.4, -0.2) is 16.5 Å². The van der Waals surface area contributed by atoms with Crippen LogP contribution < -0.4 is 16.6 Å². The van der Waals surface area contributed by atoms with Crippen molar-refractivity contribution in [2.24, 2.45) is 0 Å². The highest BCUT2D eigenvalue weighted by Crippen LogP contribution is 1.94. The van der Waals surface area contributed by atoms with Gasteiger partial charge in [-0.3, -0.25) is 9.59 Å². The number of carbonyl (C=O) groups is 1. The molecule has 0 fully saturated rings. The highest BCUT2D eigenvalue weighted by molar-refractivity contribution is 5.76. The number of nitrogen functional groups attached to an aromatic ring is 1. The Morgan fingerprint density at radius 1 is 1.56 bits per heavy atom. The second-order valence-corrected chi connectivity index (χ2v) is 3.93. The first-order valence-corrected chi connectivity index (χ1v) is 5.25. The van der Waals surface area contributed by atoms with Crippen LogP contribution in [0.5, 0.6) is 0 Å². The van der Waals surface area contributed by atoms with E-state index in [0.29, 0.717) is 6.54 Å². The fourth-order valence-electron chi connectivity index (χ4n) is 1.35. The quantitative estimate of drug-likeness (QED) is 0.773. The van der Waals surface area contributed by atoms with E-state index >= 15 is 0 Å². The maximum atomic E-state index is 11.5. The summed E-state index contributed by atoms with van der Waals surface area (Å²) in [6, 6.07) is 3.36. The number of nitrogens with one attached hydrogen (secondary N) is 1. The third-order valence-corrected chi connectivity index (χ3v) is 2.08. The number of aryl methyl sites for hydroxylation is 1. The highest BCUT2D eigenvalue weighted by Gasteiger charge is 2.05. The summed E-state index contributed by atoms with van der Waals surface area (Å²) in [6.45, 7) is 4.14. The Bertz CT molecular complexity index is 423. The average Bonchev–Trinajstić information content (AvgIpc) is 2.19. The van der Waals surface area contributed by atoms with Crippen molar-refractivity contribution in [1.82, 2.24) is 9.88 Å². The molecule has 1 rings (SSSR count). The minimum atomic E-state index is -0.250. The van der Waals surface area contributed by atoms with Gasteiger partial charge in [-0.15, -0.1) is 0 Å². The largest absolute Gasteiger partial charge is 0.394 e. The van der Waals surface area contributed by atoms with Gasteiger partial charge in [0, 0.05) is 25.2 Å². The predicted molar refractivity (Wildman–Crippen MR) is 63.0 cm³/mol. The number of aromatic nitrogens is 1. The third kappa shape index (κ3) is 3.42. The van der Waals surface area contributed by atoms with Crippen LogP contribution in [0.4, 0.5) is 5.69 Å². The molecule has 0 aliphatic rings. The molecule has 0 unspecified atom stereocenters. The molecule has 0 aliphatic carbocycles. The first kappa shape index (κ1) is 12.3. The maximum absolute atomic E-state index is 11.5. The number of hydrogen-bond donors (Lipinski definition) is 2. The fraction of sp³-hybridized carbons (Fsp3) is 0.455. The molecule has 0 saturated heterocycles. The molecule has 3 N–H and O–H groups in total. The van der Waals surface area contributed by atoms with Gasteiger partial charge in [0.25, 0.3) is 5.56 Å². The van der Waals surface area contributed by atoms with Crippen LogP contribution >= 0.6 is 0 Å². The van der Waals surface area contributed by atoms with Crippen molar-refractivity contribution >= 4 is 11.6 Å². The van der Waals surface area contributed by atoms with Gasteiger partial charge in [0.1, 0.15) is 0 Å². The Morgan fingerprint density at radius 3 is 2.88 bits per heavy atom. The molecule has 1 aromatic rings. The molecule has 0 bridgehead atoms. The van der Waals surface area contributed by atoms with Crippen LogP contribution in [0.15, 0.2) is 23.1 Å². The van der Waals surface area contributed by atoms with Crippen LogP contribution in [0.1, 0.15) is 20.3 Å². The second-order valence-electron chi connectivity index (χ2n) is 3.93. The molecule has 1 aromatic heterocycles. The number of nitrogens with two attached hydrogens (primary N) is 1. The van der Waals surface area contributed by atoms with Gasteiger partial charge in [0.05, 0.1) is 5.69 Å². The lowest BCUT2D eigenvalue weighted by molar-refractivity contribution is -0.121. The summed E-state index contributed by atoms with van der Waals surface area (Å²) in [5.74, 6) is -0.0654. The summed E-state index contributed by atoms with van der Waals surface area (Å²) in [5, 5.41) is 2.76. The normalized spacial score (nSPS) is 10.4. The van der Waals surface area contributed by atoms with E-state index in [9.17, 15) is 9.59 Å². The van der Waals surface area contributed by atoms with Crippen molar-refractivity contribution in [3.8, 4) is 0 Å². The van der Waals surface area contributed by atoms with Gasteiger partial charge in [-0.25, -0.2) is 0 Å². The molecule has 0 aliphatic heterocycles. The Kier molecular flexibility index (Phi) is 4.10. The average molecular weight is 223 g/mol. The summed E-state index contributed by atoms with van der Waals surface area (Å²) in [5.41, 5.74) is 5.42. The molecule has 0 radical (unpaired) electrons. The number of amides is 1. The minimum absolute atomic E-state index is 0.0654. The number of rotatable bonds is 4. The number of anilines is 1. The lowest BCUT2D eigenvalue weighted by Gasteiger charge is -2.09. The molecule has 1 amide bonds. The van der Waals surface area contributed by atoms with Gasteiger partial charge in [-0.05, 0) is 26.0 Å². The van der Waals surface area contributed by atoms with E-state index in [2.05, 4.69) is 5.32 Å². The summed E-state index contributed by atoms with van der Waals surface area (Å²) >= 11 is 0. The maximum Gasteiger partial charge on any atom is 0.273 e. The number of pyridine rings is 1. The molecule has 16 heavy (non-hydrogen) atoms.